The number of methoxy groups -OCH3 is 1. The highest BCUT2D eigenvalue weighted by Crippen LogP contribution is 2.38. The zero-order valence-corrected chi connectivity index (χ0v) is 21.3. The number of nitrogens with zero attached hydrogens (tertiary/aromatic N) is 2. The highest BCUT2D eigenvalue weighted by molar-refractivity contribution is 6.03. The monoisotopic (exact) mass is 490 g/mol. The Morgan fingerprint density at radius 3 is 2.58 bits per heavy atom. The van der Waals surface area contributed by atoms with Gasteiger partial charge in [-0.2, -0.15) is 0 Å². The van der Waals surface area contributed by atoms with Crippen molar-refractivity contribution >= 4 is 17.8 Å². The van der Waals surface area contributed by atoms with Gasteiger partial charge in [0.2, 0.25) is 5.91 Å². The molecule has 0 radical (unpaired) electrons. The fraction of sp³-hybridized carbons (Fsp3) is 0.393. The molecule has 2 aliphatic heterocycles. The Bertz CT molecular complexity index is 1180. The van der Waals surface area contributed by atoms with Crippen molar-refractivity contribution in [1.82, 2.24) is 20.4 Å². The minimum absolute atomic E-state index is 0.200. The van der Waals surface area contributed by atoms with Gasteiger partial charge < -0.3 is 20.3 Å². The minimum atomic E-state index is -0.726. The maximum Gasteiger partial charge on any atom is 0.322 e. The van der Waals surface area contributed by atoms with Crippen molar-refractivity contribution in [2.45, 2.75) is 39.3 Å². The van der Waals surface area contributed by atoms with Gasteiger partial charge in [-0.15, -0.1) is 0 Å². The number of aryl methyl sites for hydroxylation is 2. The molecule has 0 unspecified atom stereocenters. The van der Waals surface area contributed by atoms with Crippen molar-refractivity contribution in [3.8, 4) is 0 Å². The summed E-state index contributed by atoms with van der Waals surface area (Å²) in [6.07, 6.45) is 0.369. The highest BCUT2D eigenvalue weighted by atomic mass is 16.5. The van der Waals surface area contributed by atoms with Crippen molar-refractivity contribution < 1.29 is 19.1 Å². The number of carbonyl (C=O) groups is 3. The molecule has 190 valence electrons. The average Bonchev–Trinajstić information content (AvgIpc) is 3.19. The van der Waals surface area contributed by atoms with Crippen molar-refractivity contribution in [3.05, 3.63) is 82.1 Å². The number of likely N-dealkylation sites (N-methyl/N-ethyl adjacent to an activating group) is 1. The molecule has 8 heteroatoms. The van der Waals surface area contributed by atoms with E-state index < -0.39 is 12.1 Å². The number of amides is 4. The van der Waals surface area contributed by atoms with Crippen LogP contribution < -0.4 is 10.6 Å². The number of rotatable bonds is 9. The highest BCUT2D eigenvalue weighted by Gasteiger charge is 2.47. The van der Waals surface area contributed by atoms with Crippen molar-refractivity contribution in [2.75, 3.05) is 33.4 Å². The quantitative estimate of drug-likeness (QED) is 0.529. The average molecular weight is 491 g/mol. The summed E-state index contributed by atoms with van der Waals surface area (Å²) in [4.78, 5) is 43.7. The van der Waals surface area contributed by atoms with Gasteiger partial charge in [0.1, 0.15) is 6.04 Å². The van der Waals surface area contributed by atoms with Crippen LogP contribution >= 0.6 is 0 Å². The number of ether oxygens (including phenoxy) is 1. The van der Waals surface area contributed by atoms with Crippen LogP contribution in [0.25, 0.3) is 0 Å². The molecular weight excluding hydrogens is 456 g/mol. The second kappa shape index (κ2) is 11.0. The molecule has 4 amide bonds. The molecule has 4 rings (SSSR count). The molecule has 0 saturated carbocycles. The normalized spacial score (nSPS) is 18.3. The molecule has 8 nitrogen and oxygen atoms in total. The fourth-order valence-corrected chi connectivity index (χ4v) is 5.06. The Hall–Kier alpha value is -3.65. The summed E-state index contributed by atoms with van der Waals surface area (Å²) in [6, 6.07) is 14.1. The van der Waals surface area contributed by atoms with Crippen molar-refractivity contribution in [2.24, 2.45) is 0 Å². The molecule has 0 bridgehead atoms. The van der Waals surface area contributed by atoms with E-state index in [1.54, 1.807) is 16.9 Å². The number of carbonyl (C=O) groups excluding carboxylic acids is 3. The standard InChI is InChI=1S/C28H34N4O4/c1-5-31-23-17-32(22(26(33)29-13-14-36-4)16-20-9-7-6-8-10-20)27(34)24(23)25(30-28(31)35)21-12-11-18(2)15-19(21)3/h6-12,15,22,25H,5,13-14,16-17H2,1-4H3,(H,29,33)(H,30,35)/t22-,25-/m1/s1. The predicted molar refractivity (Wildman–Crippen MR) is 137 cm³/mol. The molecule has 2 aromatic carbocycles. The Balaban J connectivity index is 1.71. The second-order valence-corrected chi connectivity index (χ2v) is 9.27. The molecule has 2 aliphatic rings. The van der Waals surface area contributed by atoms with E-state index in [4.69, 9.17) is 4.74 Å². The van der Waals surface area contributed by atoms with Crippen LogP contribution in [0.4, 0.5) is 4.79 Å². The van der Waals surface area contributed by atoms with E-state index >= 15 is 0 Å². The van der Waals surface area contributed by atoms with E-state index in [-0.39, 0.29) is 24.4 Å². The number of hydrogen-bond donors (Lipinski definition) is 2. The Morgan fingerprint density at radius 1 is 1.17 bits per heavy atom. The summed E-state index contributed by atoms with van der Waals surface area (Å²) in [7, 11) is 1.58. The van der Waals surface area contributed by atoms with Crippen LogP contribution in [0.5, 0.6) is 0 Å². The number of benzene rings is 2. The van der Waals surface area contributed by atoms with Gasteiger partial charge in [-0.3, -0.25) is 14.5 Å². The van der Waals surface area contributed by atoms with Crippen LogP contribution in [-0.2, 0) is 20.7 Å². The van der Waals surface area contributed by atoms with Gasteiger partial charge in [0.15, 0.2) is 0 Å². The van der Waals surface area contributed by atoms with Gasteiger partial charge in [-0.1, -0.05) is 54.1 Å². The topological polar surface area (TPSA) is 91.0 Å². The van der Waals surface area contributed by atoms with Gasteiger partial charge in [0.05, 0.1) is 30.5 Å². The summed E-state index contributed by atoms with van der Waals surface area (Å²) in [5.41, 5.74) is 5.15. The van der Waals surface area contributed by atoms with Crippen LogP contribution in [0.15, 0.2) is 59.8 Å². The first-order valence-corrected chi connectivity index (χ1v) is 12.4. The van der Waals surface area contributed by atoms with Gasteiger partial charge in [0, 0.05) is 26.6 Å². The lowest BCUT2D eigenvalue weighted by Crippen LogP contribution is -2.50. The summed E-state index contributed by atoms with van der Waals surface area (Å²) >= 11 is 0. The third kappa shape index (κ3) is 4.99. The molecule has 36 heavy (non-hydrogen) atoms. The zero-order chi connectivity index (χ0) is 25.8. The van der Waals surface area contributed by atoms with Crippen LogP contribution in [-0.4, -0.2) is 67.0 Å². The van der Waals surface area contributed by atoms with Crippen molar-refractivity contribution in [1.29, 1.82) is 0 Å². The summed E-state index contributed by atoms with van der Waals surface area (Å²) < 4.78 is 5.08. The van der Waals surface area contributed by atoms with Gasteiger partial charge in [-0.05, 0) is 37.5 Å². The SMILES string of the molecule is CCN1C(=O)N[C@H](c2ccc(C)cc2C)C2=C1CN([C@H](Cc1ccccc1)C(=O)NCCOC)C2=O. The van der Waals surface area contributed by atoms with Gasteiger partial charge >= 0.3 is 6.03 Å². The van der Waals surface area contributed by atoms with Crippen LogP contribution in [0.2, 0.25) is 0 Å². The second-order valence-electron chi connectivity index (χ2n) is 9.27. The summed E-state index contributed by atoms with van der Waals surface area (Å²) in [6.45, 7) is 7.23. The third-order valence-corrected chi connectivity index (χ3v) is 6.86. The number of urea groups is 1. The molecule has 0 fully saturated rings. The van der Waals surface area contributed by atoms with Crippen LogP contribution in [0, 0.1) is 13.8 Å². The molecule has 2 N–H and O–H groups in total. The van der Waals surface area contributed by atoms with Crippen LogP contribution in [0.1, 0.15) is 35.2 Å². The maximum atomic E-state index is 14.0. The molecule has 2 atom stereocenters. The molecular formula is C28H34N4O4. The molecule has 2 aromatic rings. The van der Waals surface area contributed by atoms with E-state index in [1.807, 2.05) is 69.3 Å². The first-order valence-electron chi connectivity index (χ1n) is 12.4. The Kier molecular flexibility index (Phi) is 7.74. The van der Waals surface area contributed by atoms with E-state index in [2.05, 4.69) is 10.6 Å². The molecule has 0 spiro atoms. The lowest BCUT2D eigenvalue weighted by atomic mass is 9.91. The first-order chi connectivity index (χ1) is 17.3. The predicted octanol–water partition coefficient (Wildman–Crippen LogP) is 2.86. The summed E-state index contributed by atoms with van der Waals surface area (Å²) in [5.74, 6) is -0.467. The van der Waals surface area contributed by atoms with E-state index in [1.165, 1.54) is 0 Å². The lowest BCUT2D eigenvalue weighted by molar-refractivity contribution is -0.136. The van der Waals surface area contributed by atoms with Gasteiger partial charge in [-0.25, -0.2) is 4.79 Å². The molecule has 2 heterocycles. The molecule has 0 saturated heterocycles. The van der Waals surface area contributed by atoms with Crippen molar-refractivity contribution in [3.63, 3.8) is 0 Å². The minimum Gasteiger partial charge on any atom is -0.383 e. The Morgan fingerprint density at radius 2 is 1.92 bits per heavy atom. The van der Waals surface area contributed by atoms with E-state index in [9.17, 15) is 14.4 Å². The largest absolute Gasteiger partial charge is 0.383 e. The summed E-state index contributed by atoms with van der Waals surface area (Å²) in [5, 5.41) is 5.94. The van der Waals surface area contributed by atoms with Crippen LogP contribution in [0.3, 0.4) is 0 Å². The third-order valence-electron chi connectivity index (χ3n) is 6.86. The lowest BCUT2D eigenvalue weighted by Gasteiger charge is -2.33. The smallest absolute Gasteiger partial charge is 0.322 e. The number of hydrogen-bond acceptors (Lipinski definition) is 4. The maximum absolute atomic E-state index is 14.0. The molecule has 0 aliphatic carbocycles. The van der Waals surface area contributed by atoms with E-state index in [0.29, 0.717) is 37.4 Å². The fourth-order valence-electron chi connectivity index (χ4n) is 5.06. The zero-order valence-electron chi connectivity index (χ0n) is 21.3. The first kappa shape index (κ1) is 25.4. The van der Waals surface area contributed by atoms with Gasteiger partial charge in [0.25, 0.3) is 5.91 Å². The Labute approximate surface area is 212 Å². The van der Waals surface area contributed by atoms with E-state index in [0.717, 1.165) is 22.3 Å². The number of nitrogens with one attached hydrogen (secondary N) is 2. The molecule has 0 aromatic heterocycles.